The Balaban J connectivity index is 1.87. The number of carbonyl (C=O) groups is 1. The van der Waals surface area contributed by atoms with Gasteiger partial charge in [0, 0.05) is 0 Å². The third-order valence-corrected chi connectivity index (χ3v) is 3.73. The maximum atomic E-state index is 12.2. The molecule has 0 aliphatic carbocycles. The topological polar surface area (TPSA) is 38.3 Å². The summed E-state index contributed by atoms with van der Waals surface area (Å²) in [5.41, 5.74) is 3.37. The number of aryl methyl sites for hydroxylation is 1. The van der Waals surface area contributed by atoms with Crippen LogP contribution < -0.4 is 5.32 Å². The first-order chi connectivity index (χ1) is 10.6. The Hall–Kier alpha value is -2.13. The van der Waals surface area contributed by atoms with E-state index in [1.165, 1.54) is 5.56 Å². The minimum atomic E-state index is -0.480. The van der Waals surface area contributed by atoms with Gasteiger partial charge in [0.25, 0.3) is 0 Å². The minimum absolute atomic E-state index is 0.0310. The van der Waals surface area contributed by atoms with Crippen molar-refractivity contribution in [2.24, 2.45) is 0 Å². The minimum Gasteiger partial charge on any atom is -0.364 e. The molecule has 0 unspecified atom stereocenters. The molecule has 0 spiro atoms. The van der Waals surface area contributed by atoms with E-state index in [1.807, 2.05) is 68.4 Å². The highest BCUT2D eigenvalue weighted by atomic mass is 16.5. The Morgan fingerprint density at radius 1 is 1.05 bits per heavy atom. The van der Waals surface area contributed by atoms with E-state index in [2.05, 4.69) is 5.32 Å². The number of nitrogens with one attached hydrogen (secondary N) is 1. The van der Waals surface area contributed by atoms with Gasteiger partial charge < -0.3 is 10.1 Å². The van der Waals surface area contributed by atoms with E-state index in [1.54, 1.807) is 6.92 Å². The van der Waals surface area contributed by atoms with Crippen LogP contribution in [-0.4, -0.2) is 12.0 Å². The first-order valence-electron chi connectivity index (χ1n) is 7.59. The van der Waals surface area contributed by atoms with Gasteiger partial charge in [-0.1, -0.05) is 54.6 Å². The zero-order chi connectivity index (χ0) is 15.9. The van der Waals surface area contributed by atoms with E-state index in [-0.39, 0.29) is 11.9 Å². The maximum Gasteiger partial charge on any atom is 0.249 e. The molecule has 0 fully saturated rings. The van der Waals surface area contributed by atoms with Crippen LogP contribution in [0.5, 0.6) is 0 Å². The summed E-state index contributed by atoms with van der Waals surface area (Å²) < 4.78 is 5.64. The SMILES string of the molecule is Cc1ccccc1[C@@H](C)NC(=O)[C@H](C)OCc1ccccc1. The highest BCUT2D eigenvalue weighted by molar-refractivity contribution is 5.80. The summed E-state index contributed by atoms with van der Waals surface area (Å²) in [6.45, 7) is 6.26. The lowest BCUT2D eigenvalue weighted by Crippen LogP contribution is -2.36. The summed E-state index contributed by atoms with van der Waals surface area (Å²) in [7, 11) is 0. The molecular weight excluding hydrogens is 274 g/mol. The third kappa shape index (κ3) is 4.43. The Bertz CT molecular complexity index is 610. The zero-order valence-corrected chi connectivity index (χ0v) is 13.4. The second-order valence-corrected chi connectivity index (χ2v) is 5.53. The third-order valence-electron chi connectivity index (χ3n) is 3.73. The van der Waals surface area contributed by atoms with Gasteiger partial charge in [-0.15, -0.1) is 0 Å². The number of amides is 1. The van der Waals surface area contributed by atoms with Crippen molar-refractivity contribution in [2.45, 2.75) is 39.5 Å². The molecule has 2 aromatic rings. The van der Waals surface area contributed by atoms with Crippen LogP contribution in [0.15, 0.2) is 54.6 Å². The molecule has 0 heterocycles. The summed E-state index contributed by atoms with van der Waals surface area (Å²) in [6, 6.07) is 17.9. The molecule has 22 heavy (non-hydrogen) atoms. The lowest BCUT2D eigenvalue weighted by atomic mass is 10.0. The fourth-order valence-corrected chi connectivity index (χ4v) is 2.35. The van der Waals surface area contributed by atoms with Gasteiger partial charge in [0.2, 0.25) is 5.91 Å². The molecular formula is C19H23NO2. The van der Waals surface area contributed by atoms with E-state index in [9.17, 15) is 4.79 Å². The van der Waals surface area contributed by atoms with Gasteiger partial charge in [0.15, 0.2) is 0 Å². The van der Waals surface area contributed by atoms with Crippen LogP contribution in [-0.2, 0) is 16.1 Å². The monoisotopic (exact) mass is 297 g/mol. The van der Waals surface area contributed by atoms with E-state index >= 15 is 0 Å². The van der Waals surface area contributed by atoms with Crippen molar-refractivity contribution >= 4 is 5.91 Å². The van der Waals surface area contributed by atoms with Gasteiger partial charge >= 0.3 is 0 Å². The summed E-state index contributed by atoms with van der Waals surface area (Å²) in [5.74, 6) is -0.0910. The first kappa shape index (κ1) is 16.2. The van der Waals surface area contributed by atoms with Crippen LogP contribution >= 0.6 is 0 Å². The lowest BCUT2D eigenvalue weighted by molar-refractivity contribution is -0.133. The molecule has 3 nitrogen and oxygen atoms in total. The standard InChI is InChI=1S/C19H23NO2/c1-14-9-7-8-12-18(14)15(2)20-19(21)16(3)22-13-17-10-5-4-6-11-17/h4-12,15-16H,13H2,1-3H3,(H,20,21)/t15-,16+/m1/s1. The quantitative estimate of drug-likeness (QED) is 0.881. The van der Waals surface area contributed by atoms with Crippen LogP contribution in [0, 0.1) is 6.92 Å². The van der Waals surface area contributed by atoms with Crippen LogP contribution in [0.3, 0.4) is 0 Å². The maximum absolute atomic E-state index is 12.2. The van der Waals surface area contributed by atoms with Gasteiger partial charge in [-0.05, 0) is 37.5 Å². The first-order valence-corrected chi connectivity index (χ1v) is 7.59. The molecule has 2 aromatic carbocycles. The van der Waals surface area contributed by atoms with Crippen LogP contribution in [0.4, 0.5) is 0 Å². The van der Waals surface area contributed by atoms with Crippen molar-refractivity contribution in [3.8, 4) is 0 Å². The average molecular weight is 297 g/mol. The predicted octanol–water partition coefficient (Wildman–Crippen LogP) is 3.78. The van der Waals surface area contributed by atoms with Crippen molar-refractivity contribution in [1.82, 2.24) is 5.32 Å². The van der Waals surface area contributed by atoms with Gasteiger partial charge in [-0.3, -0.25) is 4.79 Å². The molecule has 2 atom stereocenters. The number of benzene rings is 2. The number of hydrogen-bond donors (Lipinski definition) is 1. The number of carbonyl (C=O) groups excluding carboxylic acids is 1. The molecule has 0 aliphatic heterocycles. The predicted molar refractivity (Wildman–Crippen MR) is 88.4 cm³/mol. The van der Waals surface area contributed by atoms with Gasteiger partial charge in [0.1, 0.15) is 6.10 Å². The van der Waals surface area contributed by atoms with Gasteiger partial charge in [0.05, 0.1) is 12.6 Å². The van der Waals surface area contributed by atoms with Crippen molar-refractivity contribution < 1.29 is 9.53 Å². The Labute approximate surface area is 132 Å². The Morgan fingerprint density at radius 3 is 2.36 bits per heavy atom. The molecule has 1 N–H and O–H groups in total. The average Bonchev–Trinajstić information content (AvgIpc) is 2.53. The molecule has 0 aromatic heterocycles. The highest BCUT2D eigenvalue weighted by Gasteiger charge is 2.17. The largest absolute Gasteiger partial charge is 0.364 e. The molecule has 0 radical (unpaired) electrons. The summed E-state index contributed by atoms with van der Waals surface area (Å²) in [4.78, 5) is 12.2. The summed E-state index contributed by atoms with van der Waals surface area (Å²) in [6.07, 6.45) is -0.480. The molecule has 2 rings (SSSR count). The van der Waals surface area contributed by atoms with Gasteiger partial charge in [-0.25, -0.2) is 0 Å². The van der Waals surface area contributed by atoms with E-state index in [4.69, 9.17) is 4.74 Å². The fraction of sp³-hybridized carbons (Fsp3) is 0.316. The Kier molecular flexibility index (Phi) is 5.73. The smallest absolute Gasteiger partial charge is 0.249 e. The number of rotatable bonds is 6. The van der Waals surface area contributed by atoms with E-state index in [0.717, 1.165) is 11.1 Å². The normalized spacial score (nSPS) is 13.4. The molecule has 1 amide bonds. The van der Waals surface area contributed by atoms with Crippen molar-refractivity contribution in [3.63, 3.8) is 0 Å². The molecule has 116 valence electrons. The van der Waals surface area contributed by atoms with Crippen LogP contribution in [0.25, 0.3) is 0 Å². The van der Waals surface area contributed by atoms with E-state index in [0.29, 0.717) is 6.61 Å². The lowest BCUT2D eigenvalue weighted by Gasteiger charge is -2.19. The number of ether oxygens (including phenoxy) is 1. The second-order valence-electron chi connectivity index (χ2n) is 5.53. The number of hydrogen-bond acceptors (Lipinski definition) is 2. The molecule has 3 heteroatoms. The zero-order valence-electron chi connectivity index (χ0n) is 13.4. The second kappa shape index (κ2) is 7.76. The molecule has 0 bridgehead atoms. The van der Waals surface area contributed by atoms with Crippen molar-refractivity contribution in [1.29, 1.82) is 0 Å². The van der Waals surface area contributed by atoms with E-state index < -0.39 is 6.10 Å². The fourth-order valence-electron chi connectivity index (χ4n) is 2.35. The van der Waals surface area contributed by atoms with Crippen molar-refractivity contribution in [3.05, 3.63) is 71.3 Å². The molecule has 0 saturated carbocycles. The summed E-state index contributed by atoms with van der Waals surface area (Å²) >= 11 is 0. The van der Waals surface area contributed by atoms with Crippen molar-refractivity contribution in [2.75, 3.05) is 0 Å². The van der Waals surface area contributed by atoms with Crippen LogP contribution in [0.1, 0.15) is 36.6 Å². The highest BCUT2D eigenvalue weighted by Crippen LogP contribution is 2.17. The summed E-state index contributed by atoms with van der Waals surface area (Å²) in [5, 5.41) is 3.01. The van der Waals surface area contributed by atoms with Crippen LogP contribution in [0.2, 0.25) is 0 Å². The Morgan fingerprint density at radius 2 is 1.68 bits per heavy atom. The molecule has 0 saturated heterocycles. The van der Waals surface area contributed by atoms with Gasteiger partial charge in [-0.2, -0.15) is 0 Å². The molecule has 0 aliphatic rings.